The van der Waals surface area contributed by atoms with Gasteiger partial charge in [0.05, 0.1) is 5.56 Å². The molecular formula is C19H27F3N2. The van der Waals surface area contributed by atoms with Crippen molar-refractivity contribution in [3.63, 3.8) is 0 Å². The van der Waals surface area contributed by atoms with Gasteiger partial charge in [-0.15, -0.1) is 0 Å². The number of likely N-dealkylation sites (tertiary alicyclic amines) is 1. The first-order valence-corrected chi connectivity index (χ1v) is 8.84. The van der Waals surface area contributed by atoms with Gasteiger partial charge in [0, 0.05) is 37.3 Å². The Morgan fingerprint density at radius 1 is 1.12 bits per heavy atom. The number of hydrogen-bond donors (Lipinski definition) is 0. The molecule has 1 atom stereocenters. The number of nitrogens with zero attached hydrogens (tertiary/aromatic N) is 2. The quantitative estimate of drug-likeness (QED) is 0.795. The van der Waals surface area contributed by atoms with E-state index >= 15 is 0 Å². The van der Waals surface area contributed by atoms with Crippen molar-refractivity contribution in [3.8, 4) is 0 Å². The van der Waals surface area contributed by atoms with Crippen molar-refractivity contribution in [3.05, 3.63) is 29.3 Å². The number of anilines is 1. The normalized spacial score (nSPS) is 25.4. The van der Waals surface area contributed by atoms with Crippen LogP contribution >= 0.6 is 0 Å². The first-order chi connectivity index (χ1) is 11.2. The summed E-state index contributed by atoms with van der Waals surface area (Å²) in [7, 11) is 0. The molecule has 0 aromatic heterocycles. The largest absolute Gasteiger partial charge is 0.416 e. The van der Waals surface area contributed by atoms with Gasteiger partial charge in [-0.2, -0.15) is 13.2 Å². The zero-order valence-electron chi connectivity index (χ0n) is 14.8. The smallest absolute Gasteiger partial charge is 0.371 e. The van der Waals surface area contributed by atoms with Gasteiger partial charge in [0.2, 0.25) is 0 Å². The summed E-state index contributed by atoms with van der Waals surface area (Å²) < 4.78 is 39.5. The molecule has 5 heteroatoms. The molecule has 2 nitrogen and oxygen atoms in total. The van der Waals surface area contributed by atoms with Crippen molar-refractivity contribution in [2.24, 2.45) is 11.3 Å². The Balaban J connectivity index is 1.73. The van der Waals surface area contributed by atoms with Crippen LogP contribution in [0, 0.1) is 18.3 Å². The second-order valence-electron chi connectivity index (χ2n) is 8.05. The summed E-state index contributed by atoms with van der Waals surface area (Å²) in [6.07, 6.45) is -2.04. The standard InChI is InChI=1S/C19H27F3N2/c1-14(2)11-23-8-6-18(12-23)7-9-24(13-18)16-5-4-15(3)17(10-16)19(20,21)22/h4-5,10,14H,6-9,11-13H2,1-3H3. The predicted molar refractivity (Wildman–Crippen MR) is 91.3 cm³/mol. The van der Waals surface area contributed by atoms with Gasteiger partial charge in [0.15, 0.2) is 0 Å². The van der Waals surface area contributed by atoms with Crippen LogP contribution in [0.25, 0.3) is 0 Å². The van der Waals surface area contributed by atoms with Crippen LogP contribution in [-0.2, 0) is 6.18 Å². The fraction of sp³-hybridized carbons (Fsp3) is 0.684. The Hall–Kier alpha value is -1.23. The molecule has 0 amide bonds. The van der Waals surface area contributed by atoms with Crippen molar-refractivity contribution in [1.82, 2.24) is 4.90 Å². The minimum absolute atomic E-state index is 0.262. The van der Waals surface area contributed by atoms with E-state index in [0.29, 0.717) is 17.2 Å². The van der Waals surface area contributed by atoms with E-state index in [4.69, 9.17) is 0 Å². The highest BCUT2D eigenvalue weighted by Crippen LogP contribution is 2.42. The third-order valence-corrected chi connectivity index (χ3v) is 5.47. The molecule has 0 radical (unpaired) electrons. The third-order valence-electron chi connectivity index (χ3n) is 5.47. The fourth-order valence-electron chi connectivity index (χ4n) is 4.30. The Kier molecular flexibility index (Phi) is 4.58. The zero-order chi connectivity index (χ0) is 17.5. The minimum atomic E-state index is -4.28. The topological polar surface area (TPSA) is 6.48 Å². The molecular weight excluding hydrogens is 313 g/mol. The lowest BCUT2D eigenvalue weighted by atomic mass is 9.86. The molecule has 0 N–H and O–H groups in total. The average Bonchev–Trinajstić information content (AvgIpc) is 3.05. The van der Waals surface area contributed by atoms with E-state index in [0.717, 1.165) is 45.6 Å². The van der Waals surface area contributed by atoms with Crippen LogP contribution in [0.5, 0.6) is 0 Å². The van der Waals surface area contributed by atoms with Gasteiger partial charge in [-0.25, -0.2) is 0 Å². The van der Waals surface area contributed by atoms with Gasteiger partial charge < -0.3 is 9.80 Å². The van der Waals surface area contributed by atoms with Crippen LogP contribution in [-0.4, -0.2) is 37.6 Å². The van der Waals surface area contributed by atoms with E-state index in [-0.39, 0.29) is 5.41 Å². The van der Waals surface area contributed by atoms with E-state index in [1.807, 2.05) is 6.07 Å². The summed E-state index contributed by atoms with van der Waals surface area (Å²) in [4.78, 5) is 4.66. The Morgan fingerprint density at radius 3 is 2.50 bits per heavy atom. The monoisotopic (exact) mass is 340 g/mol. The first kappa shape index (κ1) is 17.6. The summed E-state index contributed by atoms with van der Waals surface area (Å²) in [5.74, 6) is 0.657. The maximum Gasteiger partial charge on any atom is 0.416 e. The fourth-order valence-corrected chi connectivity index (χ4v) is 4.30. The summed E-state index contributed by atoms with van der Waals surface area (Å²) in [5, 5.41) is 0. The highest BCUT2D eigenvalue weighted by Gasteiger charge is 2.43. The highest BCUT2D eigenvalue weighted by atomic mass is 19.4. The van der Waals surface area contributed by atoms with E-state index < -0.39 is 11.7 Å². The van der Waals surface area contributed by atoms with E-state index in [1.54, 1.807) is 6.07 Å². The summed E-state index contributed by atoms with van der Waals surface area (Å²) in [5.41, 5.74) is 0.767. The molecule has 2 fully saturated rings. The minimum Gasteiger partial charge on any atom is -0.371 e. The average molecular weight is 340 g/mol. The van der Waals surface area contributed by atoms with E-state index in [2.05, 4.69) is 23.6 Å². The van der Waals surface area contributed by atoms with E-state index in [1.165, 1.54) is 13.0 Å². The Morgan fingerprint density at radius 2 is 1.83 bits per heavy atom. The van der Waals surface area contributed by atoms with E-state index in [9.17, 15) is 13.2 Å². The molecule has 134 valence electrons. The molecule has 1 aromatic rings. The first-order valence-electron chi connectivity index (χ1n) is 8.84. The van der Waals surface area contributed by atoms with Crippen LogP contribution < -0.4 is 4.90 Å². The van der Waals surface area contributed by atoms with Crippen LogP contribution in [0.15, 0.2) is 18.2 Å². The van der Waals surface area contributed by atoms with Crippen molar-refractivity contribution in [1.29, 1.82) is 0 Å². The molecule has 2 aliphatic rings. The van der Waals surface area contributed by atoms with Crippen LogP contribution in [0.2, 0.25) is 0 Å². The Bertz CT molecular complexity index is 597. The molecule has 1 spiro atoms. The van der Waals surface area contributed by atoms with Crippen LogP contribution in [0.3, 0.4) is 0 Å². The number of halogens is 3. The summed E-state index contributed by atoms with van der Waals surface area (Å²) in [6, 6.07) is 4.77. The molecule has 2 aliphatic heterocycles. The summed E-state index contributed by atoms with van der Waals surface area (Å²) >= 11 is 0. The number of rotatable bonds is 3. The van der Waals surface area contributed by atoms with Gasteiger partial charge >= 0.3 is 6.18 Å². The summed E-state index contributed by atoms with van der Waals surface area (Å²) in [6.45, 7) is 11.0. The van der Waals surface area contributed by atoms with Gasteiger partial charge in [-0.1, -0.05) is 19.9 Å². The zero-order valence-corrected chi connectivity index (χ0v) is 14.8. The van der Waals surface area contributed by atoms with Crippen LogP contribution in [0.4, 0.5) is 18.9 Å². The van der Waals surface area contributed by atoms with Crippen molar-refractivity contribution in [2.45, 2.75) is 39.8 Å². The second kappa shape index (κ2) is 6.25. The molecule has 1 aromatic carbocycles. The molecule has 0 bridgehead atoms. The predicted octanol–water partition coefficient (Wildman–Crippen LogP) is 4.57. The van der Waals surface area contributed by atoms with Gasteiger partial charge in [0.1, 0.15) is 0 Å². The van der Waals surface area contributed by atoms with Crippen molar-refractivity contribution < 1.29 is 13.2 Å². The lowest BCUT2D eigenvalue weighted by Gasteiger charge is -2.26. The number of hydrogen-bond acceptors (Lipinski definition) is 2. The molecule has 24 heavy (non-hydrogen) atoms. The molecule has 2 heterocycles. The molecule has 3 rings (SSSR count). The van der Waals surface area contributed by atoms with Gasteiger partial charge in [-0.3, -0.25) is 0 Å². The molecule has 1 unspecified atom stereocenters. The number of alkyl halides is 3. The second-order valence-corrected chi connectivity index (χ2v) is 8.05. The third kappa shape index (κ3) is 3.56. The SMILES string of the molecule is Cc1ccc(N2CCC3(CCN(CC(C)C)C3)C2)cc1C(F)(F)F. The highest BCUT2D eigenvalue weighted by molar-refractivity contribution is 5.53. The van der Waals surface area contributed by atoms with Gasteiger partial charge in [0.25, 0.3) is 0 Å². The Labute approximate surface area is 142 Å². The van der Waals surface area contributed by atoms with Crippen molar-refractivity contribution >= 4 is 5.69 Å². The van der Waals surface area contributed by atoms with Gasteiger partial charge in [-0.05, 0) is 49.9 Å². The lowest BCUT2D eigenvalue weighted by molar-refractivity contribution is -0.138. The molecule has 0 aliphatic carbocycles. The molecule has 0 saturated carbocycles. The molecule has 2 saturated heterocycles. The maximum atomic E-state index is 13.2. The van der Waals surface area contributed by atoms with Crippen molar-refractivity contribution in [2.75, 3.05) is 37.6 Å². The van der Waals surface area contributed by atoms with Crippen LogP contribution in [0.1, 0.15) is 37.8 Å². The number of aryl methyl sites for hydroxylation is 1. The number of benzene rings is 1. The lowest BCUT2D eigenvalue weighted by Crippen LogP contribution is -2.32. The maximum absolute atomic E-state index is 13.2.